The maximum atomic E-state index is 9.33. The SMILES string of the molecule is CC(C)(C)[Si](C)(C)Oc1cc(Br)ccc1CO. The quantitative estimate of drug-likeness (QED) is 0.841. The third kappa shape index (κ3) is 3.57. The highest BCUT2D eigenvalue weighted by Crippen LogP contribution is 2.38. The monoisotopic (exact) mass is 316 g/mol. The first-order valence-corrected chi connectivity index (χ1v) is 9.46. The van der Waals surface area contributed by atoms with Gasteiger partial charge in [-0.15, -0.1) is 0 Å². The fraction of sp³-hybridized carbons (Fsp3) is 0.538. The summed E-state index contributed by atoms with van der Waals surface area (Å²) in [6.07, 6.45) is 0. The average Bonchev–Trinajstić information content (AvgIpc) is 2.15. The van der Waals surface area contributed by atoms with E-state index in [4.69, 9.17) is 4.43 Å². The second kappa shape index (κ2) is 5.12. The van der Waals surface area contributed by atoms with Crippen LogP contribution in [0.5, 0.6) is 5.75 Å². The predicted molar refractivity (Wildman–Crippen MR) is 77.9 cm³/mol. The summed E-state index contributed by atoms with van der Waals surface area (Å²) in [5.74, 6) is 0.800. The van der Waals surface area contributed by atoms with E-state index in [0.29, 0.717) is 0 Å². The minimum atomic E-state index is -1.85. The van der Waals surface area contributed by atoms with Crippen LogP contribution in [0.15, 0.2) is 22.7 Å². The van der Waals surface area contributed by atoms with E-state index >= 15 is 0 Å². The van der Waals surface area contributed by atoms with E-state index < -0.39 is 8.32 Å². The molecule has 96 valence electrons. The fourth-order valence-electron chi connectivity index (χ4n) is 1.18. The molecule has 0 aliphatic heterocycles. The van der Waals surface area contributed by atoms with Crippen LogP contribution in [0.3, 0.4) is 0 Å². The van der Waals surface area contributed by atoms with Crippen LogP contribution in [0.1, 0.15) is 26.3 Å². The first-order valence-electron chi connectivity index (χ1n) is 5.76. The summed E-state index contributed by atoms with van der Waals surface area (Å²) < 4.78 is 7.19. The normalized spacial score (nSPS) is 12.6. The van der Waals surface area contributed by atoms with Gasteiger partial charge in [0.2, 0.25) is 8.32 Å². The van der Waals surface area contributed by atoms with Gasteiger partial charge in [-0.1, -0.05) is 42.8 Å². The largest absolute Gasteiger partial charge is 0.543 e. The molecule has 0 heterocycles. The number of hydrogen-bond acceptors (Lipinski definition) is 2. The van der Waals surface area contributed by atoms with Gasteiger partial charge < -0.3 is 9.53 Å². The Labute approximate surface area is 113 Å². The van der Waals surface area contributed by atoms with Gasteiger partial charge in [0.1, 0.15) is 5.75 Å². The molecule has 1 aromatic carbocycles. The Morgan fingerprint density at radius 2 is 1.88 bits per heavy atom. The topological polar surface area (TPSA) is 29.5 Å². The van der Waals surface area contributed by atoms with Crippen molar-refractivity contribution in [1.82, 2.24) is 0 Å². The van der Waals surface area contributed by atoms with Gasteiger partial charge in [-0.05, 0) is 30.3 Å². The lowest BCUT2D eigenvalue weighted by molar-refractivity contribution is 0.277. The lowest BCUT2D eigenvalue weighted by Gasteiger charge is -2.37. The molecular formula is C13H21BrO2Si. The third-order valence-electron chi connectivity index (χ3n) is 3.37. The standard InChI is InChI=1S/C13H21BrO2Si/c1-13(2,3)17(4,5)16-12-8-11(14)7-6-10(12)9-15/h6-8,15H,9H2,1-5H3. The highest BCUT2D eigenvalue weighted by Gasteiger charge is 2.39. The van der Waals surface area contributed by atoms with E-state index in [1.807, 2.05) is 18.2 Å². The summed E-state index contributed by atoms with van der Waals surface area (Å²) in [4.78, 5) is 0. The van der Waals surface area contributed by atoms with Crippen molar-refractivity contribution in [3.63, 3.8) is 0 Å². The van der Waals surface area contributed by atoms with Crippen molar-refractivity contribution in [3.05, 3.63) is 28.2 Å². The molecular weight excluding hydrogens is 296 g/mol. The van der Waals surface area contributed by atoms with Crippen molar-refractivity contribution in [2.45, 2.75) is 45.5 Å². The van der Waals surface area contributed by atoms with Crippen LogP contribution in [-0.2, 0) is 6.61 Å². The maximum absolute atomic E-state index is 9.33. The van der Waals surface area contributed by atoms with Crippen molar-refractivity contribution < 1.29 is 9.53 Å². The Balaban J connectivity index is 3.06. The molecule has 0 aromatic heterocycles. The van der Waals surface area contributed by atoms with E-state index in [1.54, 1.807) is 0 Å². The van der Waals surface area contributed by atoms with Gasteiger partial charge >= 0.3 is 0 Å². The molecule has 0 radical (unpaired) electrons. The summed E-state index contributed by atoms with van der Waals surface area (Å²) in [6.45, 7) is 11.0. The molecule has 1 rings (SSSR count). The Kier molecular flexibility index (Phi) is 4.44. The molecule has 1 aromatic rings. The third-order valence-corrected chi connectivity index (χ3v) is 8.21. The molecule has 0 atom stereocenters. The van der Waals surface area contributed by atoms with E-state index in [1.165, 1.54) is 0 Å². The Morgan fingerprint density at radius 3 is 2.35 bits per heavy atom. The smallest absolute Gasteiger partial charge is 0.250 e. The highest BCUT2D eigenvalue weighted by molar-refractivity contribution is 9.10. The fourth-order valence-corrected chi connectivity index (χ4v) is 2.57. The van der Waals surface area contributed by atoms with Crippen molar-refractivity contribution in [1.29, 1.82) is 0 Å². The number of halogens is 1. The molecule has 0 bridgehead atoms. The van der Waals surface area contributed by atoms with Crippen molar-refractivity contribution in [2.24, 2.45) is 0 Å². The van der Waals surface area contributed by atoms with Crippen LogP contribution in [0.25, 0.3) is 0 Å². The molecule has 17 heavy (non-hydrogen) atoms. The number of aliphatic hydroxyl groups is 1. The van der Waals surface area contributed by atoms with Crippen molar-refractivity contribution >= 4 is 24.2 Å². The first-order chi connectivity index (χ1) is 7.67. The van der Waals surface area contributed by atoms with Gasteiger partial charge in [0.25, 0.3) is 0 Å². The predicted octanol–water partition coefficient (Wildman–Crippen LogP) is 4.33. The van der Waals surface area contributed by atoms with Crippen molar-refractivity contribution in [3.8, 4) is 5.75 Å². The summed E-state index contributed by atoms with van der Waals surface area (Å²) in [5, 5.41) is 9.48. The van der Waals surface area contributed by atoms with Crippen LogP contribution in [0.2, 0.25) is 18.1 Å². The molecule has 2 nitrogen and oxygen atoms in total. The Morgan fingerprint density at radius 1 is 1.29 bits per heavy atom. The summed E-state index contributed by atoms with van der Waals surface area (Å²) in [7, 11) is -1.85. The van der Waals surface area contributed by atoms with E-state index in [-0.39, 0.29) is 11.6 Å². The van der Waals surface area contributed by atoms with Gasteiger partial charge in [0.15, 0.2) is 0 Å². The zero-order chi connectivity index (χ0) is 13.3. The lowest BCUT2D eigenvalue weighted by Crippen LogP contribution is -2.44. The molecule has 1 N–H and O–H groups in total. The molecule has 0 aliphatic rings. The average molecular weight is 317 g/mol. The minimum Gasteiger partial charge on any atom is -0.543 e. The van der Waals surface area contributed by atoms with Gasteiger partial charge in [-0.25, -0.2) is 0 Å². The maximum Gasteiger partial charge on any atom is 0.250 e. The van der Waals surface area contributed by atoms with Crippen LogP contribution in [-0.4, -0.2) is 13.4 Å². The molecule has 0 fully saturated rings. The van der Waals surface area contributed by atoms with Gasteiger partial charge in [0, 0.05) is 10.0 Å². The number of benzene rings is 1. The second-order valence-corrected chi connectivity index (χ2v) is 11.4. The molecule has 0 unspecified atom stereocenters. The molecule has 0 aliphatic carbocycles. The second-order valence-electron chi connectivity index (χ2n) is 5.77. The van der Waals surface area contributed by atoms with Crippen LogP contribution < -0.4 is 4.43 Å². The number of aliphatic hydroxyl groups excluding tert-OH is 1. The molecule has 0 amide bonds. The number of rotatable bonds is 3. The van der Waals surface area contributed by atoms with E-state index in [2.05, 4.69) is 49.8 Å². The van der Waals surface area contributed by atoms with Gasteiger partial charge in [-0.3, -0.25) is 0 Å². The number of hydrogen-bond donors (Lipinski definition) is 1. The summed E-state index contributed by atoms with van der Waals surface area (Å²) >= 11 is 3.44. The zero-order valence-corrected chi connectivity index (χ0v) is 13.8. The summed E-state index contributed by atoms with van der Waals surface area (Å²) in [5.41, 5.74) is 0.845. The molecule has 4 heteroatoms. The molecule has 0 saturated heterocycles. The summed E-state index contributed by atoms with van der Waals surface area (Å²) in [6, 6.07) is 5.75. The first kappa shape index (κ1) is 14.7. The minimum absolute atomic E-state index is 0.0111. The Bertz CT molecular complexity index is 397. The van der Waals surface area contributed by atoms with Crippen LogP contribution in [0.4, 0.5) is 0 Å². The van der Waals surface area contributed by atoms with Crippen LogP contribution >= 0.6 is 15.9 Å². The lowest BCUT2D eigenvalue weighted by atomic mass is 10.2. The zero-order valence-electron chi connectivity index (χ0n) is 11.2. The molecule has 0 saturated carbocycles. The van der Waals surface area contributed by atoms with Crippen molar-refractivity contribution in [2.75, 3.05) is 0 Å². The van der Waals surface area contributed by atoms with E-state index in [0.717, 1.165) is 15.8 Å². The van der Waals surface area contributed by atoms with Gasteiger partial charge in [0.05, 0.1) is 6.61 Å². The van der Waals surface area contributed by atoms with E-state index in [9.17, 15) is 5.11 Å². The highest BCUT2D eigenvalue weighted by atomic mass is 79.9. The van der Waals surface area contributed by atoms with Crippen LogP contribution in [0, 0.1) is 0 Å². The Hall–Kier alpha value is -0.323. The molecule has 0 spiro atoms. The van der Waals surface area contributed by atoms with Gasteiger partial charge in [-0.2, -0.15) is 0 Å².